The summed E-state index contributed by atoms with van der Waals surface area (Å²) in [7, 11) is 0. The lowest BCUT2D eigenvalue weighted by atomic mass is 10.0. The van der Waals surface area contributed by atoms with Crippen LogP contribution in [-0.2, 0) is 4.79 Å². The summed E-state index contributed by atoms with van der Waals surface area (Å²) in [5, 5.41) is 3.77. The van der Waals surface area contributed by atoms with Gasteiger partial charge in [0.25, 0.3) is 5.91 Å². The summed E-state index contributed by atoms with van der Waals surface area (Å²) >= 11 is 0. The zero-order chi connectivity index (χ0) is 16.4. The molecule has 5 nitrogen and oxygen atoms in total. The van der Waals surface area contributed by atoms with Crippen molar-refractivity contribution in [3.05, 3.63) is 48.3 Å². The van der Waals surface area contributed by atoms with Crippen LogP contribution >= 0.6 is 0 Å². The topological polar surface area (TPSA) is 62.5 Å². The van der Waals surface area contributed by atoms with E-state index in [0.717, 1.165) is 36.3 Å². The van der Waals surface area contributed by atoms with Crippen LogP contribution in [0.4, 0.5) is 17.1 Å². The first-order valence-electron chi connectivity index (χ1n) is 8.05. The highest BCUT2D eigenvalue weighted by molar-refractivity contribution is 6.06. The van der Waals surface area contributed by atoms with E-state index >= 15 is 0 Å². The van der Waals surface area contributed by atoms with Crippen LogP contribution in [0.15, 0.2) is 42.7 Å². The second kappa shape index (κ2) is 6.28. The van der Waals surface area contributed by atoms with Crippen LogP contribution in [0.5, 0.6) is 0 Å². The van der Waals surface area contributed by atoms with E-state index in [1.165, 1.54) is 0 Å². The number of nitrogens with zero attached hydrogens (tertiary/aromatic N) is 3. The number of amides is 1. The van der Waals surface area contributed by atoms with E-state index < -0.39 is 0 Å². The van der Waals surface area contributed by atoms with Gasteiger partial charge in [-0.3, -0.25) is 14.8 Å². The molecule has 0 aliphatic carbocycles. The van der Waals surface area contributed by atoms with Crippen LogP contribution in [0, 0.1) is 0 Å². The highest BCUT2D eigenvalue weighted by atomic mass is 16.2. The number of nitrogen functional groups attached to an aromatic ring is 1. The van der Waals surface area contributed by atoms with E-state index in [1.807, 2.05) is 42.3 Å². The van der Waals surface area contributed by atoms with Gasteiger partial charge in [-0.2, -0.15) is 0 Å². The summed E-state index contributed by atoms with van der Waals surface area (Å²) in [6, 6.07) is 9.82. The molecule has 1 aromatic heterocycles. The Labute approximate surface area is 136 Å². The second-order valence-electron chi connectivity index (χ2n) is 5.84. The fourth-order valence-corrected chi connectivity index (χ4v) is 3.00. The Kier molecular flexibility index (Phi) is 4.19. The molecule has 2 heterocycles. The number of hydrogen-bond acceptors (Lipinski definition) is 4. The molecule has 0 radical (unpaired) electrons. The number of anilines is 3. The number of pyridine rings is 1. The minimum absolute atomic E-state index is 0.0820. The standard InChI is InChI=1S/C18H22N4O/c1-3-4-11-21(17-9-10-20-12-15(17)19)22-16-8-6-5-7-14(16)13(2)18(22)23/h5-10,12-13H,3-4,11,19H2,1-2H3. The van der Waals surface area contributed by atoms with Crippen molar-refractivity contribution in [2.45, 2.75) is 32.6 Å². The average Bonchev–Trinajstić information content (AvgIpc) is 2.82. The summed E-state index contributed by atoms with van der Waals surface area (Å²) in [6.45, 7) is 4.82. The zero-order valence-corrected chi connectivity index (χ0v) is 13.6. The van der Waals surface area contributed by atoms with Gasteiger partial charge in [0.1, 0.15) is 0 Å². The Balaban J connectivity index is 2.07. The van der Waals surface area contributed by atoms with Crippen molar-refractivity contribution in [3.63, 3.8) is 0 Å². The molecule has 3 rings (SSSR count). The number of aromatic nitrogens is 1. The van der Waals surface area contributed by atoms with Crippen molar-refractivity contribution >= 4 is 23.0 Å². The van der Waals surface area contributed by atoms with Crippen LogP contribution in [0.3, 0.4) is 0 Å². The highest BCUT2D eigenvalue weighted by Gasteiger charge is 2.38. The summed E-state index contributed by atoms with van der Waals surface area (Å²) in [6.07, 6.45) is 5.35. The SMILES string of the molecule is CCCCN(c1ccncc1N)N1C(=O)C(C)c2ccccc21. The number of carbonyl (C=O) groups excluding carboxylic acids is 1. The van der Waals surface area contributed by atoms with Gasteiger partial charge in [-0.05, 0) is 31.0 Å². The Morgan fingerprint density at radius 1 is 1.30 bits per heavy atom. The highest BCUT2D eigenvalue weighted by Crippen LogP contribution is 2.40. The number of carbonyl (C=O) groups is 1. The second-order valence-corrected chi connectivity index (χ2v) is 5.84. The van der Waals surface area contributed by atoms with Gasteiger partial charge in [-0.15, -0.1) is 0 Å². The summed E-state index contributed by atoms with van der Waals surface area (Å²) in [4.78, 5) is 16.9. The fraction of sp³-hybridized carbons (Fsp3) is 0.333. The molecule has 5 heteroatoms. The third-order valence-corrected chi connectivity index (χ3v) is 4.28. The molecule has 1 aliphatic rings. The van der Waals surface area contributed by atoms with Crippen molar-refractivity contribution in [2.75, 3.05) is 22.3 Å². The maximum atomic E-state index is 12.9. The van der Waals surface area contributed by atoms with Crippen LogP contribution in [0.25, 0.3) is 0 Å². The first-order valence-corrected chi connectivity index (χ1v) is 8.05. The van der Waals surface area contributed by atoms with E-state index in [0.29, 0.717) is 5.69 Å². The maximum Gasteiger partial charge on any atom is 0.253 e. The van der Waals surface area contributed by atoms with Gasteiger partial charge in [0.05, 0.1) is 29.2 Å². The van der Waals surface area contributed by atoms with Gasteiger partial charge in [-0.1, -0.05) is 31.5 Å². The quantitative estimate of drug-likeness (QED) is 0.920. The van der Waals surface area contributed by atoms with Crippen molar-refractivity contribution in [3.8, 4) is 0 Å². The number of nitrogens with two attached hydrogens (primary N) is 1. The van der Waals surface area contributed by atoms with E-state index in [1.54, 1.807) is 17.4 Å². The molecule has 2 aromatic rings. The molecule has 1 amide bonds. The molecule has 1 atom stereocenters. The third kappa shape index (κ3) is 2.63. The maximum absolute atomic E-state index is 12.9. The van der Waals surface area contributed by atoms with Gasteiger partial charge in [0.2, 0.25) is 0 Å². The zero-order valence-electron chi connectivity index (χ0n) is 13.6. The normalized spacial score (nSPS) is 16.5. The average molecular weight is 310 g/mol. The van der Waals surface area contributed by atoms with Gasteiger partial charge in [0, 0.05) is 12.7 Å². The molecule has 1 aliphatic heterocycles. The Morgan fingerprint density at radius 2 is 2.09 bits per heavy atom. The molecule has 0 fully saturated rings. The summed E-state index contributed by atoms with van der Waals surface area (Å²) < 4.78 is 0. The molecule has 0 saturated heterocycles. The smallest absolute Gasteiger partial charge is 0.253 e. The Morgan fingerprint density at radius 3 is 2.83 bits per heavy atom. The number of rotatable bonds is 5. The number of unbranched alkanes of at least 4 members (excludes halogenated alkanes) is 1. The molecule has 0 spiro atoms. The van der Waals surface area contributed by atoms with Gasteiger partial charge in [0.15, 0.2) is 0 Å². The number of benzene rings is 1. The number of hydrazine groups is 1. The van der Waals surface area contributed by atoms with Gasteiger partial charge >= 0.3 is 0 Å². The summed E-state index contributed by atoms with van der Waals surface area (Å²) in [5.41, 5.74) is 9.52. The predicted molar refractivity (Wildman–Crippen MR) is 93.2 cm³/mol. The van der Waals surface area contributed by atoms with Crippen molar-refractivity contribution in [1.82, 2.24) is 4.98 Å². The molecule has 0 saturated carbocycles. The molecule has 1 aromatic carbocycles. The van der Waals surface area contributed by atoms with Crippen molar-refractivity contribution < 1.29 is 4.79 Å². The monoisotopic (exact) mass is 310 g/mol. The fourth-order valence-electron chi connectivity index (χ4n) is 3.00. The Bertz CT molecular complexity index is 716. The minimum atomic E-state index is -0.140. The van der Waals surface area contributed by atoms with Crippen molar-refractivity contribution in [1.29, 1.82) is 0 Å². The van der Waals surface area contributed by atoms with E-state index in [-0.39, 0.29) is 11.8 Å². The van der Waals surface area contributed by atoms with Crippen LogP contribution in [-0.4, -0.2) is 17.4 Å². The molecule has 1 unspecified atom stereocenters. The number of fused-ring (bicyclic) bond motifs is 1. The minimum Gasteiger partial charge on any atom is -0.396 e. The molecule has 23 heavy (non-hydrogen) atoms. The summed E-state index contributed by atoms with van der Waals surface area (Å²) in [5.74, 6) is -0.0584. The Hall–Kier alpha value is -2.56. The first-order chi connectivity index (χ1) is 11.1. The lowest BCUT2D eigenvalue weighted by Crippen LogP contribution is -2.46. The number of hydrogen-bond donors (Lipinski definition) is 1. The van der Waals surface area contributed by atoms with Crippen molar-refractivity contribution in [2.24, 2.45) is 0 Å². The van der Waals surface area contributed by atoms with E-state index in [4.69, 9.17) is 5.73 Å². The van der Waals surface area contributed by atoms with Crippen LogP contribution in [0.2, 0.25) is 0 Å². The molecular weight excluding hydrogens is 288 g/mol. The van der Waals surface area contributed by atoms with E-state index in [9.17, 15) is 4.79 Å². The lowest BCUT2D eigenvalue weighted by molar-refractivity contribution is -0.119. The van der Waals surface area contributed by atoms with Gasteiger partial charge < -0.3 is 5.73 Å². The molecule has 120 valence electrons. The largest absolute Gasteiger partial charge is 0.396 e. The lowest BCUT2D eigenvalue weighted by Gasteiger charge is -2.35. The molecule has 0 bridgehead atoms. The van der Waals surface area contributed by atoms with Gasteiger partial charge in [-0.25, -0.2) is 5.01 Å². The van der Waals surface area contributed by atoms with Crippen LogP contribution in [0.1, 0.15) is 38.2 Å². The molecule has 2 N–H and O–H groups in total. The number of para-hydroxylation sites is 1. The third-order valence-electron chi connectivity index (χ3n) is 4.28. The van der Waals surface area contributed by atoms with Crippen LogP contribution < -0.4 is 15.8 Å². The molecular formula is C18H22N4O. The van der Waals surface area contributed by atoms with E-state index in [2.05, 4.69) is 11.9 Å². The predicted octanol–water partition coefficient (Wildman–Crippen LogP) is 3.34. The first kappa shape index (κ1) is 15.3.